The van der Waals surface area contributed by atoms with Gasteiger partial charge in [-0.3, -0.25) is 19.9 Å². The molecule has 0 spiro atoms. The van der Waals surface area contributed by atoms with Crippen molar-refractivity contribution >= 4 is 17.3 Å². The quantitative estimate of drug-likeness (QED) is 0.502. The first-order valence-electron chi connectivity index (χ1n) is 5.19. The largest absolute Gasteiger partial charge is 0.325 e. The summed E-state index contributed by atoms with van der Waals surface area (Å²) in [7, 11) is 0. The number of nitro groups is 1. The first kappa shape index (κ1) is 13.0. The van der Waals surface area contributed by atoms with Gasteiger partial charge in [-0.25, -0.2) is 4.79 Å². The minimum Gasteiger partial charge on any atom is -0.314 e. The molecule has 0 fully saturated rings. The highest BCUT2D eigenvalue weighted by Crippen LogP contribution is 2.27. The number of alkyl halides is 1. The second-order valence-corrected chi connectivity index (χ2v) is 4.17. The van der Waals surface area contributed by atoms with E-state index in [4.69, 9.17) is 11.6 Å². The highest BCUT2D eigenvalue weighted by molar-refractivity contribution is 6.22. The fourth-order valence-electron chi connectivity index (χ4n) is 1.55. The van der Waals surface area contributed by atoms with E-state index in [9.17, 15) is 19.7 Å². The van der Waals surface area contributed by atoms with Crippen molar-refractivity contribution < 1.29 is 4.92 Å². The van der Waals surface area contributed by atoms with E-state index in [-0.39, 0.29) is 11.3 Å². The molecule has 0 bridgehead atoms. The number of nitrogens with one attached hydrogen (secondary N) is 2. The third kappa shape index (κ3) is 2.71. The first-order chi connectivity index (χ1) is 8.99. The van der Waals surface area contributed by atoms with Crippen LogP contribution in [0.2, 0.25) is 0 Å². The van der Waals surface area contributed by atoms with Crippen LogP contribution in [0.3, 0.4) is 0 Å². The van der Waals surface area contributed by atoms with Gasteiger partial charge in [-0.05, 0) is 5.56 Å². The van der Waals surface area contributed by atoms with Gasteiger partial charge in [0, 0.05) is 18.3 Å². The Morgan fingerprint density at radius 1 is 1.21 bits per heavy atom. The molecule has 19 heavy (non-hydrogen) atoms. The van der Waals surface area contributed by atoms with E-state index in [2.05, 4.69) is 9.97 Å². The zero-order chi connectivity index (χ0) is 14.0. The Morgan fingerprint density at radius 2 is 1.84 bits per heavy atom. The number of nitrogens with zero attached hydrogens (tertiary/aromatic N) is 1. The zero-order valence-corrected chi connectivity index (χ0v) is 10.2. The van der Waals surface area contributed by atoms with Crippen LogP contribution in [-0.4, -0.2) is 14.9 Å². The van der Waals surface area contributed by atoms with Crippen LogP contribution in [0.15, 0.2) is 40.1 Å². The highest BCUT2D eigenvalue weighted by Gasteiger charge is 2.16. The van der Waals surface area contributed by atoms with Gasteiger partial charge in [0.15, 0.2) is 0 Å². The molecule has 8 heteroatoms. The van der Waals surface area contributed by atoms with Crippen molar-refractivity contribution in [1.82, 2.24) is 9.97 Å². The fraction of sp³-hybridized carbons (Fsp3) is 0.0909. The fourth-order valence-corrected chi connectivity index (χ4v) is 1.86. The number of aromatic nitrogens is 2. The van der Waals surface area contributed by atoms with Gasteiger partial charge in [0.05, 0.1) is 15.9 Å². The molecule has 2 N–H and O–H groups in total. The topological polar surface area (TPSA) is 109 Å². The Kier molecular flexibility index (Phi) is 3.48. The summed E-state index contributed by atoms with van der Waals surface area (Å²) in [5.74, 6) is 0. The molecule has 1 unspecified atom stereocenters. The molecule has 0 aliphatic carbocycles. The monoisotopic (exact) mass is 281 g/mol. The normalized spacial score (nSPS) is 12.1. The van der Waals surface area contributed by atoms with Gasteiger partial charge in [-0.2, -0.15) is 0 Å². The lowest BCUT2D eigenvalue weighted by atomic mass is 10.1. The summed E-state index contributed by atoms with van der Waals surface area (Å²) in [6, 6.07) is 5.51. The van der Waals surface area contributed by atoms with Gasteiger partial charge in [-0.15, -0.1) is 11.6 Å². The molecule has 1 aromatic heterocycles. The lowest BCUT2D eigenvalue weighted by Gasteiger charge is -2.08. The molecule has 7 nitrogen and oxygen atoms in total. The number of H-pyrrole nitrogens is 2. The number of non-ortho nitro benzene ring substituents is 1. The first-order valence-corrected chi connectivity index (χ1v) is 5.63. The highest BCUT2D eigenvalue weighted by atomic mass is 35.5. The maximum Gasteiger partial charge on any atom is 0.325 e. The van der Waals surface area contributed by atoms with Gasteiger partial charge in [0.2, 0.25) is 0 Å². The molecule has 0 radical (unpaired) electrons. The second-order valence-electron chi connectivity index (χ2n) is 3.74. The molecule has 0 saturated heterocycles. The maximum absolute atomic E-state index is 11.6. The van der Waals surface area contributed by atoms with Crippen LogP contribution in [0.25, 0.3) is 0 Å². The number of benzene rings is 1. The van der Waals surface area contributed by atoms with E-state index in [1.54, 1.807) is 0 Å². The average Bonchev–Trinajstić information content (AvgIpc) is 2.38. The third-order valence-corrected chi connectivity index (χ3v) is 3.00. The summed E-state index contributed by atoms with van der Waals surface area (Å²) in [6.45, 7) is 0. The van der Waals surface area contributed by atoms with Crippen LogP contribution in [0.4, 0.5) is 5.69 Å². The minimum absolute atomic E-state index is 0.0667. The van der Waals surface area contributed by atoms with Gasteiger partial charge < -0.3 is 4.98 Å². The Morgan fingerprint density at radius 3 is 2.37 bits per heavy atom. The van der Waals surface area contributed by atoms with Crippen LogP contribution in [-0.2, 0) is 0 Å². The Labute approximate surface area is 111 Å². The Balaban J connectivity index is 2.38. The van der Waals surface area contributed by atoms with E-state index in [1.165, 1.54) is 30.5 Å². The number of halogens is 1. The van der Waals surface area contributed by atoms with E-state index < -0.39 is 21.5 Å². The molecule has 1 heterocycles. The summed E-state index contributed by atoms with van der Waals surface area (Å²) in [4.78, 5) is 36.8. The van der Waals surface area contributed by atoms with Crippen LogP contribution in [0.1, 0.15) is 16.5 Å². The van der Waals surface area contributed by atoms with E-state index >= 15 is 0 Å². The standard InChI is InChI=1S/C11H8ClN3O4/c12-9(8-5-13-11(17)14-10(8)16)6-1-3-7(4-2-6)15(18)19/h1-5,9H,(H2,13,14,16,17). The molecular weight excluding hydrogens is 274 g/mol. The van der Waals surface area contributed by atoms with Crippen molar-refractivity contribution in [2.45, 2.75) is 5.38 Å². The molecule has 1 aromatic carbocycles. The zero-order valence-electron chi connectivity index (χ0n) is 9.42. The Bertz CT molecular complexity index is 720. The van der Waals surface area contributed by atoms with Crippen LogP contribution >= 0.6 is 11.6 Å². The van der Waals surface area contributed by atoms with Crippen molar-refractivity contribution in [2.24, 2.45) is 0 Å². The van der Waals surface area contributed by atoms with Crippen LogP contribution in [0.5, 0.6) is 0 Å². The molecule has 2 aromatic rings. The van der Waals surface area contributed by atoms with Gasteiger partial charge in [0.1, 0.15) is 0 Å². The summed E-state index contributed by atoms with van der Waals surface area (Å²) in [5.41, 5.74) is -0.605. The lowest BCUT2D eigenvalue weighted by Crippen LogP contribution is -2.25. The Hall–Kier alpha value is -2.41. The van der Waals surface area contributed by atoms with Crippen LogP contribution < -0.4 is 11.2 Å². The maximum atomic E-state index is 11.6. The summed E-state index contributed by atoms with van der Waals surface area (Å²) >= 11 is 6.11. The number of aromatic amines is 2. The van der Waals surface area contributed by atoms with E-state index in [1.807, 2.05) is 0 Å². The molecule has 98 valence electrons. The minimum atomic E-state index is -0.804. The number of rotatable bonds is 3. The van der Waals surface area contributed by atoms with Crippen molar-refractivity contribution in [3.8, 4) is 0 Å². The SMILES string of the molecule is O=c1[nH]cc(C(Cl)c2ccc([N+](=O)[O-])cc2)c(=O)[nH]1. The molecule has 0 saturated carbocycles. The molecule has 0 aliphatic rings. The number of nitro benzene ring substituents is 1. The van der Waals surface area contributed by atoms with Crippen LogP contribution in [0, 0.1) is 10.1 Å². The number of hydrogen-bond acceptors (Lipinski definition) is 4. The smallest absolute Gasteiger partial charge is 0.314 e. The summed E-state index contributed by atoms with van der Waals surface area (Å²) < 4.78 is 0. The van der Waals surface area contributed by atoms with Gasteiger partial charge in [0.25, 0.3) is 11.2 Å². The molecule has 2 rings (SSSR count). The second kappa shape index (κ2) is 5.07. The lowest BCUT2D eigenvalue weighted by molar-refractivity contribution is -0.384. The number of hydrogen-bond donors (Lipinski definition) is 2. The van der Waals surface area contributed by atoms with Crippen molar-refractivity contribution in [2.75, 3.05) is 0 Å². The summed E-state index contributed by atoms with van der Waals surface area (Å²) in [6.07, 6.45) is 1.22. The van der Waals surface area contributed by atoms with Crippen molar-refractivity contribution in [3.63, 3.8) is 0 Å². The molecular formula is C11H8ClN3O4. The molecule has 0 aliphatic heterocycles. The molecule has 0 amide bonds. The summed E-state index contributed by atoms with van der Waals surface area (Å²) in [5, 5.41) is 9.72. The average molecular weight is 282 g/mol. The van der Waals surface area contributed by atoms with Crippen molar-refractivity contribution in [3.05, 3.63) is 72.5 Å². The van der Waals surface area contributed by atoms with E-state index in [0.29, 0.717) is 5.56 Å². The molecule has 1 atom stereocenters. The predicted octanol–water partition coefficient (Wildman–Crippen LogP) is 1.30. The predicted molar refractivity (Wildman–Crippen MR) is 68.5 cm³/mol. The third-order valence-electron chi connectivity index (χ3n) is 2.52. The van der Waals surface area contributed by atoms with E-state index in [0.717, 1.165) is 0 Å². The van der Waals surface area contributed by atoms with Gasteiger partial charge >= 0.3 is 5.69 Å². The van der Waals surface area contributed by atoms with Gasteiger partial charge in [-0.1, -0.05) is 12.1 Å². The van der Waals surface area contributed by atoms with Crippen molar-refractivity contribution in [1.29, 1.82) is 0 Å².